The zero-order valence-corrected chi connectivity index (χ0v) is 21.0. The van der Waals surface area contributed by atoms with Crippen LogP contribution < -0.4 is 14.4 Å². The smallest absolute Gasteiger partial charge is 0.256 e. The number of thiocarbonyl (C=S) groups is 1. The molecule has 1 N–H and O–H groups in total. The van der Waals surface area contributed by atoms with Gasteiger partial charge in [0, 0.05) is 28.6 Å². The van der Waals surface area contributed by atoms with E-state index in [4.69, 9.17) is 33.3 Å². The molecule has 1 amide bonds. The summed E-state index contributed by atoms with van der Waals surface area (Å²) in [6.45, 7) is 0. The molecule has 0 unspecified atom stereocenters. The predicted molar refractivity (Wildman–Crippen MR) is 141 cm³/mol. The van der Waals surface area contributed by atoms with Crippen LogP contribution in [0.2, 0.25) is 5.02 Å². The minimum Gasteiger partial charge on any atom is -0.493 e. The average Bonchev–Trinajstić information content (AvgIpc) is 3.38. The van der Waals surface area contributed by atoms with Crippen LogP contribution >= 0.6 is 23.8 Å². The van der Waals surface area contributed by atoms with E-state index in [1.165, 1.54) is 23.1 Å². The van der Waals surface area contributed by atoms with E-state index in [-0.39, 0.29) is 10.9 Å². The Morgan fingerprint density at radius 1 is 1.08 bits per heavy atom. The van der Waals surface area contributed by atoms with E-state index < -0.39 is 17.9 Å². The van der Waals surface area contributed by atoms with Crippen molar-refractivity contribution in [1.29, 1.82) is 0 Å². The lowest BCUT2D eigenvalue weighted by molar-refractivity contribution is -0.120. The molecule has 6 rings (SSSR count). The van der Waals surface area contributed by atoms with Crippen molar-refractivity contribution in [3.05, 3.63) is 88.3 Å². The van der Waals surface area contributed by atoms with Crippen LogP contribution in [-0.4, -0.2) is 41.2 Å². The summed E-state index contributed by atoms with van der Waals surface area (Å²) >= 11 is 12.0. The van der Waals surface area contributed by atoms with Gasteiger partial charge in [-0.05, 0) is 48.1 Å². The van der Waals surface area contributed by atoms with Gasteiger partial charge >= 0.3 is 0 Å². The summed E-state index contributed by atoms with van der Waals surface area (Å²) in [5, 5.41) is 1.29. The molecule has 3 heterocycles. The molecule has 0 saturated carbocycles. The predicted octanol–water partition coefficient (Wildman–Crippen LogP) is 5.63. The molecule has 0 aliphatic carbocycles. The lowest BCUT2D eigenvalue weighted by Crippen LogP contribution is -2.44. The minimum atomic E-state index is -0.561. The number of hydrogen-bond acceptors (Lipinski definition) is 4. The standard InChI is InChI=1S/C27H21ClFN3O3S/c1-34-22-9-5-7-16(25(22)35-2)24-23-17(15-6-3-4-8-20(15)30-23)13-21-26(33)31(27(36)32(21)24)14-10-11-19(29)18(28)12-14/h3-12,21,24,30H,13H2,1-2H3/t21-,24+/m0/s1. The highest BCUT2D eigenvalue weighted by Gasteiger charge is 2.51. The third-order valence-electron chi connectivity index (χ3n) is 6.94. The third kappa shape index (κ3) is 3.21. The number of methoxy groups -OCH3 is 2. The highest BCUT2D eigenvalue weighted by atomic mass is 35.5. The number of hydrogen-bond donors (Lipinski definition) is 1. The lowest BCUT2D eigenvalue weighted by Gasteiger charge is -2.38. The lowest BCUT2D eigenvalue weighted by atomic mass is 9.88. The number of aromatic nitrogens is 1. The van der Waals surface area contributed by atoms with Gasteiger partial charge in [0.15, 0.2) is 16.6 Å². The maximum atomic E-state index is 13.9. The molecule has 1 fully saturated rings. The fourth-order valence-electron chi connectivity index (χ4n) is 5.39. The minimum absolute atomic E-state index is 0.0739. The number of fused-ring (bicyclic) bond motifs is 4. The second-order valence-corrected chi connectivity index (χ2v) is 9.50. The molecule has 2 atom stereocenters. The second kappa shape index (κ2) is 8.50. The molecule has 182 valence electrons. The first kappa shape index (κ1) is 22.8. The quantitative estimate of drug-likeness (QED) is 0.353. The highest BCUT2D eigenvalue weighted by Crippen LogP contribution is 2.48. The number of benzene rings is 3. The van der Waals surface area contributed by atoms with Gasteiger partial charge in [-0.3, -0.25) is 9.69 Å². The largest absolute Gasteiger partial charge is 0.493 e. The van der Waals surface area contributed by atoms with E-state index in [9.17, 15) is 9.18 Å². The van der Waals surface area contributed by atoms with Gasteiger partial charge in [-0.25, -0.2) is 4.39 Å². The van der Waals surface area contributed by atoms with E-state index in [1.54, 1.807) is 14.2 Å². The van der Waals surface area contributed by atoms with Gasteiger partial charge in [0.05, 0.1) is 24.9 Å². The summed E-state index contributed by atoms with van der Waals surface area (Å²) < 4.78 is 25.3. The number of carbonyl (C=O) groups excluding carboxylic acids is 1. The zero-order chi connectivity index (χ0) is 25.1. The molecular formula is C27H21ClFN3O3S. The van der Waals surface area contributed by atoms with E-state index in [1.807, 2.05) is 41.3 Å². The first-order chi connectivity index (χ1) is 17.4. The van der Waals surface area contributed by atoms with Gasteiger partial charge in [0.1, 0.15) is 17.9 Å². The molecule has 0 spiro atoms. The van der Waals surface area contributed by atoms with Gasteiger partial charge in [-0.2, -0.15) is 0 Å². The molecule has 9 heteroatoms. The SMILES string of the molecule is COc1cccc([C@@H]2c3[nH]c4ccccc4c3C[C@H]3C(=O)N(c4ccc(F)c(Cl)c4)C(=S)N23)c1OC. The number of nitrogens with one attached hydrogen (secondary N) is 1. The van der Waals surface area contributed by atoms with Crippen LogP contribution in [0, 0.1) is 5.82 Å². The fraction of sp³-hybridized carbons (Fsp3) is 0.185. The van der Waals surface area contributed by atoms with Gasteiger partial charge in [0.25, 0.3) is 5.91 Å². The number of rotatable bonds is 4. The molecule has 1 aromatic heterocycles. The fourth-order valence-corrected chi connectivity index (χ4v) is 5.99. The summed E-state index contributed by atoms with van der Waals surface area (Å²) in [7, 11) is 3.18. The topological polar surface area (TPSA) is 57.8 Å². The monoisotopic (exact) mass is 521 g/mol. The van der Waals surface area contributed by atoms with E-state index in [0.29, 0.717) is 28.7 Å². The summed E-state index contributed by atoms with van der Waals surface area (Å²) in [5.74, 6) is 0.392. The average molecular weight is 522 g/mol. The zero-order valence-electron chi connectivity index (χ0n) is 19.4. The molecule has 36 heavy (non-hydrogen) atoms. The van der Waals surface area contributed by atoms with Crippen molar-refractivity contribution in [3.63, 3.8) is 0 Å². The Kier molecular flexibility index (Phi) is 5.39. The van der Waals surface area contributed by atoms with Crippen LogP contribution in [0.5, 0.6) is 11.5 Å². The molecule has 0 radical (unpaired) electrons. The molecular weight excluding hydrogens is 501 g/mol. The number of anilines is 1. The second-order valence-electron chi connectivity index (χ2n) is 8.73. The van der Waals surface area contributed by atoms with Gasteiger partial charge in [-0.15, -0.1) is 0 Å². The molecule has 3 aromatic carbocycles. The normalized spacial score (nSPS) is 19.0. The van der Waals surface area contributed by atoms with Gasteiger partial charge in [-0.1, -0.05) is 41.9 Å². The van der Waals surface area contributed by atoms with Crippen LogP contribution in [-0.2, 0) is 11.2 Å². The number of para-hydroxylation sites is 2. The molecule has 6 nitrogen and oxygen atoms in total. The van der Waals surface area contributed by atoms with Crippen molar-refractivity contribution < 1.29 is 18.7 Å². The van der Waals surface area contributed by atoms with Gasteiger partial charge in [0.2, 0.25) is 0 Å². The summed E-state index contributed by atoms with van der Waals surface area (Å²) in [5.41, 5.74) is 4.21. The van der Waals surface area contributed by atoms with Crippen LogP contribution in [0.3, 0.4) is 0 Å². The highest BCUT2D eigenvalue weighted by molar-refractivity contribution is 7.80. The van der Waals surface area contributed by atoms with Gasteiger partial charge < -0.3 is 19.4 Å². The summed E-state index contributed by atoms with van der Waals surface area (Å²) in [4.78, 5) is 20.8. The number of aromatic amines is 1. The van der Waals surface area contributed by atoms with Crippen molar-refractivity contribution in [3.8, 4) is 11.5 Å². The van der Waals surface area contributed by atoms with Crippen molar-refractivity contribution in [2.75, 3.05) is 19.1 Å². The molecule has 0 bridgehead atoms. The van der Waals surface area contributed by atoms with Crippen LogP contribution in [0.1, 0.15) is 22.9 Å². The number of halogens is 2. The Morgan fingerprint density at radius 3 is 2.64 bits per heavy atom. The Hall–Kier alpha value is -3.62. The number of ether oxygens (including phenoxy) is 2. The Morgan fingerprint density at radius 2 is 1.89 bits per heavy atom. The van der Waals surface area contributed by atoms with Crippen molar-refractivity contribution in [2.24, 2.45) is 0 Å². The maximum Gasteiger partial charge on any atom is 0.256 e. The molecule has 2 aliphatic rings. The number of nitrogens with zero attached hydrogens (tertiary/aromatic N) is 2. The van der Waals surface area contributed by atoms with Crippen LogP contribution in [0.4, 0.5) is 10.1 Å². The Labute approximate surface area is 217 Å². The third-order valence-corrected chi connectivity index (χ3v) is 7.62. The number of amides is 1. The first-order valence-electron chi connectivity index (χ1n) is 11.4. The Bertz CT molecular complexity index is 1550. The summed E-state index contributed by atoms with van der Waals surface area (Å²) in [6.07, 6.45) is 0.465. The maximum absolute atomic E-state index is 13.9. The van der Waals surface area contributed by atoms with E-state index >= 15 is 0 Å². The van der Waals surface area contributed by atoms with E-state index in [0.717, 1.165) is 27.7 Å². The Balaban J connectivity index is 1.58. The molecule has 4 aromatic rings. The molecule has 2 aliphatic heterocycles. The van der Waals surface area contributed by atoms with Crippen molar-refractivity contribution in [1.82, 2.24) is 9.88 Å². The van der Waals surface area contributed by atoms with Crippen molar-refractivity contribution in [2.45, 2.75) is 18.5 Å². The first-order valence-corrected chi connectivity index (χ1v) is 12.1. The molecule has 1 saturated heterocycles. The van der Waals surface area contributed by atoms with Crippen LogP contribution in [0.15, 0.2) is 60.7 Å². The number of carbonyl (C=O) groups is 1. The van der Waals surface area contributed by atoms with Crippen LogP contribution in [0.25, 0.3) is 10.9 Å². The van der Waals surface area contributed by atoms with E-state index in [2.05, 4.69) is 11.1 Å². The summed E-state index contributed by atoms with van der Waals surface area (Å²) in [6, 6.07) is 16.9. The number of H-pyrrole nitrogens is 1. The van der Waals surface area contributed by atoms with Crippen molar-refractivity contribution >= 4 is 51.4 Å².